The van der Waals surface area contributed by atoms with E-state index in [1.807, 2.05) is 25.1 Å². The van der Waals surface area contributed by atoms with Gasteiger partial charge in [-0.1, -0.05) is 23.4 Å². The van der Waals surface area contributed by atoms with Crippen LogP contribution in [-0.4, -0.2) is 57.3 Å². The maximum atomic E-state index is 10.3. The van der Waals surface area contributed by atoms with Crippen molar-refractivity contribution in [3.63, 3.8) is 0 Å². The fourth-order valence-corrected chi connectivity index (χ4v) is 3.55. The third-order valence-corrected chi connectivity index (χ3v) is 5.27. The van der Waals surface area contributed by atoms with E-state index < -0.39 is 24.2 Å². The highest BCUT2D eigenvalue weighted by molar-refractivity contribution is 6.31. The molecular formula is C20H23ClN4O4. The molecule has 4 atom stereocenters. The lowest BCUT2D eigenvalue weighted by Gasteiger charge is -2.19. The molecule has 1 aromatic heterocycles. The van der Waals surface area contributed by atoms with Gasteiger partial charge in [-0.3, -0.25) is 0 Å². The molecule has 1 fully saturated rings. The maximum absolute atomic E-state index is 10.3. The molecule has 1 saturated carbocycles. The van der Waals surface area contributed by atoms with Crippen LogP contribution < -0.4 is 15.8 Å². The zero-order chi connectivity index (χ0) is 21.1. The summed E-state index contributed by atoms with van der Waals surface area (Å²) in [4.78, 5) is 8.12. The van der Waals surface area contributed by atoms with Crippen molar-refractivity contribution in [2.45, 2.75) is 31.6 Å². The molecule has 9 heteroatoms. The number of nitrogens with zero attached hydrogens (tertiary/aromatic N) is 2. The highest BCUT2D eigenvalue weighted by Crippen LogP contribution is 2.30. The highest BCUT2D eigenvalue weighted by atomic mass is 35.5. The van der Waals surface area contributed by atoms with Crippen molar-refractivity contribution in [2.24, 2.45) is 5.92 Å². The van der Waals surface area contributed by atoms with Gasteiger partial charge in [0.1, 0.15) is 23.2 Å². The van der Waals surface area contributed by atoms with E-state index in [0.29, 0.717) is 12.0 Å². The Labute approximate surface area is 173 Å². The number of ether oxygens (including phenoxy) is 1. The molecule has 1 aromatic carbocycles. The topological polar surface area (TPSA) is 134 Å². The fourth-order valence-electron chi connectivity index (χ4n) is 3.32. The van der Waals surface area contributed by atoms with E-state index in [1.54, 1.807) is 7.11 Å². The summed E-state index contributed by atoms with van der Waals surface area (Å²) >= 11 is 6.25. The summed E-state index contributed by atoms with van der Waals surface area (Å²) in [7, 11) is 1.60. The SMILES string of the molecule is COc1ccc(C#Cc2c(Cl)nc(N)nc2NC2CC(CO)C(O)C2O)c(C)c1. The molecule has 8 nitrogen and oxygen atoms in total. The van der Waals surface area contributed by atoms with Crippen LogP contribution in [0.15, 0.2) is 18.2 Å². The molecule has 0 spiro atoms. The molecule has 4 unspecified atom stereocenters. The number of nitrogen functional groups attached to an aromatic ring is 1. The van der Waals surface area contributed by atoms with Crippen LogP contribution in [0.5, 0.6) is 5.75 Å². The number of aryl methyl sites for hydroxylation is 1. The number of anilines is 2. The van der Waals surface area contributed by atoms with Gasteiger partial charge >= 0.3 is 0 Å². The largest absolute Gasteiger partial charge is 0.497 e. The number of benzene rings is 1. The van der Waals surface area contributed by atoms with E-state index in [2.05, 4.69) is 27.1 Å². The molecule has 0 bridgehead atoms. The van der Waals surface area contributed by atoms with Crippen LogP contribution in [0.2, 0.25) is 5.15 Å². The number of halogens is 1. The predicted molar refractivity (Wildman–Crippen MR) is 110 cm³/mol. The van der Waals surface area contributed by atoms with E-state index in [4.69, 9.17) is 22.1 Å². The van der Waals surface area contributed by atoms with Crippen LogP contribution in [-0.2, 0) is 0 Å². The van der Waals surface area contributed by atoms with Crippen LogP contribution in [0.3, 0.4) is 0 Å². The first-order chi connectivity index (χ1) is 13.8. The van der Waals surface area contributed by atoms with Crippen LogP contribution in [0.4, 0.5) is 11.8 Å². The molecule has 1 aliphatic rings. The summed E-state index contributed by atoms with van der Waals surface area (Å²) in [6.45, 7) is 1.69. The molecule has 0 radical (unpaired) electrons. The van der Waals surface area contributed by atoms with E-state index in [9.17, 15) is 15.3 Å². The average molecular weight is 419 g/mol. The van der Waals surface area contributed by atoms with Crippen LogP contribution >= 0.6 is 11.6 Å². The standard InChI is InChI=1S/C20H23ClN4O4/c1-10-7-13(29-2)5-3-11(10)4-6-14-18(21)24-20(22)25-19(14)23-15-8-12(9-26)16(27)17(15)28/h3,5,7,12,15-17,26-28H,8-9H2,1-2H3,(H3,22,23,24,25). The number of aromatic nitrogens is 2. The quantitative estimate of drug-likeness (QED) is 0.366. The van der Waals surface area contributed by atoms with E-state index in [-0.39, 0.29) is 23.5 Å². The normalized spacial score (nSPS) is 23.4. The Balaban J connectivity index is 1.93. The fraction of sp³-hybridized carbons (Fsp3) is 0.400. The zero-order valence-electron chi connectivity index (χ0n) is 16.1. The number of nitrogens with one attached hydrogen (secondary N) is 1. The molecule has 0 saturated heterocycles. The summed E-state index contributed by atoms with van der Waals surface area (Å²) in [6, 6.07) is 4.97. The maximum Gasteiger partial charge on any atom is 0.223 e. The van der Waals surface area contributed by atoms with Gasteiger partial charge in [-0.05, 0) is 37.1 Å². The van der Waals surface area contributed by atoms with Crippen LogP contribution in [0.25, 0.3) is 0 Å². The second-order valence-corrected chi connectivity index (χ2v) is 7.30. The van der Waals surface area contributed by atoms with Gasteiger partial charge in [0.2, 0.25) is 5.95 Å². The Morgan fingerprint density at radius 2 is 2.03 bits per heavy atom. The smallest absolute Gasteiger partial charge is 0.223 e. The number of aliphatic hydroxyl groups excluding tert-OH is 3. The average Bonchev–Trinajstić information content (AvgIpc) is 2.96. The lowest BCUT2D eigenvalue weighted by molar-refractivity contribution is 0.00445. The first kappa shape index (κ1) is 21.1. The molecule has 2 aromatic rings. The number of hydrogen-bond donors (Lipinski definition) is 5. The molecule has 0 aliphatic heterocycles. The minimum absolute atomic E-state index is 0.0459. The van der Waals surface area contributed by atoms with Crippen molar-refractivity contribution < 1.29 is 20.1 Å². The highest BCUT2D eigenvalue weighted by Gasteiger charge is 2.41. The van der Waals surface area contributed by atoms with E-state index in [0.717, 1.165) is 16.9 Å². The molecule has 0 amide bonds. The van der Waals surface area contributed by atoms with Crippen molar-refractivity contribution in [3.8, 4) is 17.6 Å². The van der Waals surface area contributed by atoms with Crippen molar-refractivity contribution >= 4 is 23.4 Å². The van der Waals surface area contributed by atoms with Crippen LogP contribution in [0.1, 0.15) is 23.1 Å². The molecule has 29 heavy (non-hydrogen) atoms. The lowest BCUT2D eigenvalue weighted by Crippen LogP contribution is -2.35. The number of aliphatic hydroxyl groups is 3. The summed E-state index contributed by atoms with van der Waals surface area (Å²) in [5.41, 5.74) is 7.75. The van der Waals surface area contributed by atoms with Crippen molar-refractivity contribution in [1.82, 2.24) is 9.97 Å². The van der Waals surface area contributed by atoms with Gasteiger partial charge in [0, 0.05) is 18.1 Å². The second-order valence-electron chi connectivity index (χ2n) is 6.94. The summed E-state index contributed by atoms with van der Waals surface area (Å²) in [5.74, 6) is 6.52. The Kier molecular flexibility index (Phi) is 6.45. The molecule has 154 valence electrons. The zero-order valence-corrected chi connectivity index (χ0v) is 16.8. The molecular weight excluding hydrogens is 396 g/mol. The Morgan fingerprint density at radius 1 is 1.28 bits per heavy atom. The van der Waals surface area contributed by atoms with Gasteiger partial charge in [-0.25, -0.2) is 0 Å². The number of nitrogens with two attached hydrogens (primary N) is 1. The minimum Gasteiger partial charge on any atom is -0.497 e. The third-order valence-electron chi connectivity index (χ3n) is 5.00. The van der Waals surface area contributed by atoms with Crippen molar-refractivity contribution in [1.29, 1.82) is 0 Å². The molecule has 6 N–H and O–H groups in total. The second kappa shape index (κ2) is 8.84. The Bertz CT molecular complexity index is 959. The first-order valence-corrected chi connectivity index (χ1v) is 9.45. The summed E-state index contributed by atoms with van der Waals surface area (Å²) in [6.07, 6.45) is -1.76. The predicted octanol–water partition coefficient (Wildman–Crippen LogP) is 0.944. The first-order valence-electron chi connectivity index (χ1n) is 9.07. The van der Waals surface area contributed by atoms with Gasteiger partial charge < -0.3 is 31.1 Å². The van der Waals surface area contributed by atoms with Gasteiger partial charge in [0.25, 0.3) is 0 Å². The van der Waals surface area contributed by atoms with Gasteiger partial charge in [0.15, 0.2) is 5.15 Å². The van der Waals surface area contributed by atoms with Crippen LogP contribution in [0, 0.1) is 24.7 Å². The molecule has 1 aliphatic carbocycles. The van der Waals surface area contributed by atoms with Crippen molar-refractivity contribution in [3.05, 3.63) is 40.0 Å². The molecule has 1 heterocycles. The monoisotopic (exact) mass is 418 g/mol. The third kappa shape index (κ3) is 4.54. The minimum atomic E-state index is -1.08. The van der Waals surface area contributed by atoms with Gasteiger partial charge in [-0.2, -0.15) is 9.97 Å². The number of hydrogen-bond acceptors (Lipinski definition) is 8. The lowest BCUT2D eigenvalue weighted by atomic mass is 10.1. The number of methoxy groups -OCH3 is 1. The summed E-state index contributed by atoms with van der Waals surface area (Å²) in [5, 5.41) is 32.8. The summed E-state index contributed by atoms with van der Waals surface area (Å²) < 4.78 is 5.20. The van der Waals surface area contributed by atoms with Crippen molar-refractivity contribution in [2.75, 3.05) is 24.8 Å². The number of rotatable bonds is 4. The van der Waals surface area contributed by atoms with Gasteiger partial charge in [0.05, 0.1) is 19.3 Å². The Morgan fingerprint density at radius 3 is 2.66 bits per heavy atom. The Hall–Kier alpha value is -2.57. The van der Waals surface area contributed by atoms with E-state index in [1.165, 1.54) is 0 Å². The van der Waals surface area contributed by atoms with Gasteiger partial charge in [-0.15, -0.1) is 0 Å². The molecule has 3 rings (SSSR count). The van der Waals surface area contributed by atoms with E-state index >= 15 is 0 Å².